The molecule has 0 aliphatic heterocycles. The van der Waals surface area contributed by atoms with E-state index in [0.717, 1.165) is 38.5 Å². The Bertz CT molecular complexity index is 1150. The van der Waals surface area contributed by atoms with Gasteiger partial charge >= 0.3 is 19.8 Å². The van der Waals surface area contributed by atoms with E-state index in [-0.39, 0.29) is 51.2 Å². The number of ether oxygens (including phenoxy) is 2. The largest absolute Gasteiger partial charge is 0.472 e. The van der Waals surface area contributed by atoms with Crippen molar-refractivity contribution in [2.75, 3.05) is 26.4 Å². The van der Waals surface area contributed by atoms with Gasteiger partial charge in [-0.15, -0.1) is 0 Å². The summed E-state index contributed by atoms with van der Waals surface area (Å²) in [6.45, 7) is 3.44. The first-order valence-corrected chi connectivity index (χ1v) is 24.6. The van der Waals surface area contributed by atoms with Gasteiger partial charge in [0.05, 0.1) is 13.2 Å². The fraction of sp³-hybridized carbons (Fsp3) is 0.766. The summed E-state index contributed by atoms with van der Waals surface area (Å²) in [6, 6.07) is 0. The molecular weight excluding hydrogens is 753 g/mol. The van der Waals surface area contributed by atoms with Crippen molar-refractivity contribution in [3.05, 3.63) is 48.6 Å². The van der Waals surface area contributed by atoms with E-state index in [1.54, 1.807) is 6.08 Å². The van der Waals surface area contributed by atoms with E-state index in [4.69, 9.17) is 24.3 Å². The summed E-state index contributed by atoms with van der Waals surface area (Å²) < 4.78 is 32.6. The predicted molar refractivity (Wildman–Crippen MR) is 238 cm³/mol. The molecule has 3 N–H and O–H groups in total. The van der Waals surface area contributed by atoms with Crippen LogP contribution in [0.3, 0.4) is 0 Å². The van der Waals surface area contributed by atoms with Crippen LogP contribution in [0.5, 0.6) is 0 Å². The van der Waals surface area contributed by atoms with E-state index in [1.807, 2.05) is 12.2 Å². The molecule has 336 valence electrons. The lowest BCUT2D eigenvalue weighted by Gasteiger charge is -2.19. The molecule has 0 aliphatic carbocycles. The molecule has 0 saturated heterocycles. The number of carbonyl (C=O) groups is 3. The Kier molecular flexibility index (Phi) is 41.0. The molecule has 10 nitrogen and oxygen atoms in total. The molecule has 0 spiro atoms. The Morgan fingerprint density at radius 2 is 1.07 bits per heavy atom. The first-order chi connectivity index (χ1) is 28.2. The number of phosphoric ester groups is 1. The number of ketones is 1. The van der Waals surface area contributed by atoms with Gasteiger partial charge in [0.2, 0.25) is 0 Å². The van der Waals surface area contributed by atoms with E-state index >= 15 is 0 Å². The van der Waals surface area contributed by atoms with Gasteiger partial charge in [-0.05, 0) is 44.6 Å². The van der Waals surface area contributed by atoms with Crippen LogP contribution in [-0.4, -0.2) is 55.1 Å². The van der Waals surface area contributed by atoms with Crippen molar-refractivity contribution in [2.24, 2.45) is 5.73 Å². The van der Waals surface area contributed by atoms with Crippen LogP contribution in [0, 0.1) is 0 Å². The second-order valence-electron chi connectivity index (χ2n) is 15.3. The number of nitrogens with two attached hydrogens (primary N) is 1. The van der Waals surface area contributed by atoms with Crippen LogP contribution in [-0.2, 0) is 37.5 Å². The zero-order chi connectivity index (χ0) is 42.6. The molecule has 0 fully saturated rings. The highest BCUT2D eigenvalue weighted by molar-refractivity contribution is 7.47. The maximum absolute atomic E-state index is 12.6. The predicted octanol–water partition coefficient (Wildman–Crippen LogP) is 12.7. The van der Waals surface area contributed by atoms with E-state index in [2.05, 4.69) is 38.2 Å². The van der Waals surface area contributed by atoms with Gasteiger partial charge in [0, 0.05) is 25.8 Å². The number of hydrogen-bond donors (Lipinski definition) is 2. The molecule has 1 unspecified atom stereocenters. The third-order valence-corrected chi connectivity index (χ3v) is 10.7. The van der Waals surface area contributed by atoms with E-state index in [0.29, 0.717) is 6.42 Å². The molecule has 0 aliphatic rings. The monoisotopic (exact) mass is 838 g/mol. The zero-order valence-electron chi connectivity index (χ0n) is 36.8. The highest BCUT2D eigenvalue weighted by Crippen LogP contribution is 2.43. The number of esters is 2. The summed E-state index contributed by atoms with van der Waals surface area (Å²) in [7, 11) is -4.44. The number of phosphoric acid groups is 1. The van der Waals surface area contributed by atoms with Crippen LogP contribution in [0.15, 0.2) is 48.6 Å². The summed E-state index contributed by atoms with van der Waals surface area (Å²) >= 11 is 0. The fourth-order valence-electron chi connectivity index (χ4n) is 6.24. The average Bonchev–Trinajstić information content (AvgIpc) is 3.20. The number of carbonyl (C=O) groups excluding carboxylic acids is 3. The lowest BCUT2D eigenvalue weighted by Crippen LogP contribution is -2.29. The molecular formula is C47H84NO9P. The molecule has 0 aromatic rings. The minimum absolute atomic E-state index is 0.0162. The first kappa shape index (κ1) is 55.6. The molecule has 0 radical (unpaired) electrons. The quantitative estimate of drug-likeness (QED) is 0.0152. The molecule has 11 heteroatoms. The van der Waals surface area contributed by atoms with Crippen molar-refractivity contribution in [2.45, 2.75) is 206 Å². The van der Waals surface area contributed by atoms with Gasteiger partial charge in [-0.1, -0.05) is 185 Å². The van der Waals surface area contributed by atoms with Gasteiger partial charge < -0.3 is 20.1 Å². The van der Waals surface area contributed by atoms with Gasteiger partial charge in [0.1, 0.15) is 6.61 Å². The smallest absolute Gasteiger partial charge is 0.462 e. The summed E-state index contributed by atoms with van der Waals surface area (Å²) in [6.07, 6.45) is 45.8. The van der Waals surface area contributed by atoms with Gasteiger partial charge in [-0.2, -0.15) is 0 Å². The second kappa shape index (κ2) is 42.8. The SMILES string of the molecule is CCCCC/C=C\C/C=C\C/C=C\C=C\C(=O)CCCC(=O)O[C@H](COC(=O)CCCCCCCCCCCCCCCCCCCCC)COP(=O)(O)OCCN. The number of hydrogen-bond acceptors (Lipinski definition) is 9. The van der Waals surface area contributed by atoms with E-state index in [9.17, 15) is 23.8 Å². The summed E-state index contributed by atoms with van der Waals surface area (Å²) in [5, 5.41) is 0. The molecule has 0 rings (SSSR count). The van der Waals surface area contributed by atoms with Crippen LogP contribution >= 0.6 is 7.82 Å². The highest BCUT2D eigenvalue weighted by Gasteiger charge is 2.26. The Labute approximate surface area is 353 Å². The first-order valence-electron chi connectivity index (χ1n) is 23.1. The third kappa shape index (κ3) is 41.8. The van der Waals surface area contributed by atoms with Crippen LogP contribution < -0.4 is 5.73 Å². The molecule has 2 atom stereocenters. The Morgan fingerprint density at radius 3 is 1.64 bits per heavy atom. The van der Waals surface area contributed by atoms with E-state index in [1.165, 1.54) is 122 Å². The Morgan fingerprint density at radius 1 is 0.569 bits per heavy atom. The van der Waals surface area contributed by atoms with Crippen molar-refractivity contribution in [3.8, 4) is 0 Å². The van der Waals surface area contributed by atoms with Crippen LogP contribution in [0.25, 0.3) is 0 Å². The van der Waals surface area contributed by atoms with Crippen molar-refractivity contribution in [1.29, 1.82) is 0 Å². The lowest BCUT2D eigenvalue weighted by atomic mass is 10.0. The van der Waals surface area contributed by atoms with Crippen LogP contribution in [0.2, 0.25) is 0 Å². The topological polar surface area (TPSA) is 151 Å². The normalized spacial score (nSPS) is 13.6. The Hall–Kier alpha value is -2.36. The average molecular weight is 838 g/mol. The molecule has 0 saturated carbocycles. The minimum atomic E-state index is -4.44. The van der Waals surface area contributed by atoms with Gasteiger partial charge in [0.25, 0.3) is 0 Å². The zero-order valence-corrected chi connectivity index (χ0v) is 37.7. The summed E-state index contributed by atoms with van der Waals surface area (Å²) in [5.74, 6) is -1.20. The molecule has 0 heterocycles. The standard InChI is InChI=1S/C47H84NO9P/c1-3-5-7-9-11-13-15-17-18-19-20-21-22-24-26-28-30-32-34-38-46(50)54-42-45(43-56-58(52,53)55-41-40-48)57-47(51)39-35-37-44(49)36-33-31-29-27-25-23-16-14-12-10-8-6-4-2/h12,14,23,25,29,31,33,36,45H,3-11,13,15-22,24,26-28,30,32,34-35,37-43,48H2,1-2H3,(H,52,53)/b14-12-,25-23-,31-29-,36-33+/t45-/m1/s1. The van der Waals surface area contributed by atoms with Crippen molar-refractivity contribution in [3.63, 3.8) is 0 Å². The minimum Gasteiger partial charge on any atom is -0.462 e. The third-order valence-electron chi connectivity index (χ3n) is 9.69. The number of unbranched alkanes of at least 4 members (excludes halogenated alkanes) is 21. The molecule has 0 amide bonds. The molecule has 0 bridgehead atoms. The van der Waals surface area contributed by atoms with Crippen LogP contribution in [0.1, 0.15) is 200 Å². The number of rotatable bonds is 43. The summed E-state index contributed by atoms with van der Waals surface area (Å²) in [4.78, 5) is 47.1. The van der Waals surface area contributed by atoms with Crippen LogP contribution in [0.4, 0.5) is 0 Å². The van der Waals surface area contributed by atoms with Crippen molar-refractivity contribution >= 4 is 25.5 Å². The van der Waals surface area contributed by atoms with Gasteiger partial charge in [-0.25, -0.2) is 4.57 Å². The van der Waals surface area contributed by atoms with Gasteiger partial charge in [-0.3, -0.25) is 23.4 Å². The lowest BCUT2D eigenvalue weighted by molar-refractivity contribution is -0.161. The maximum atomic E-state index is 12.6. The maximum Gasteiger partial charge on any atom is 0.472 e. The van der Waals surface area contributed by atoms with Gasteiger partial charge in [0.15, 0.2) is 11.9 Å². The van der Waals surface area contributed by atoms with E-state index < -0.39 is 32.5 Å². The Balaban J connectivity index is 4.27. The number of allylic oxidation sites excluding steroid dienone is 8. The molecule has 0 aromatic heterocycles. The molecule has 0 aromatic carbocycles. The van der Waals surface area contributed by atoms with Crippen molar-refractivity contribution in [1.82, 2.24) is 0 Å². The molecule has 58 heavy (non-hydrogen) atoms. The highest BCUT2D eigenvalue weighted by atomic mass is 31.2. The second-order valence-corrected chi connectivity index (χ2v) is 16.8. The van der Waals surface area contributed by atoms with Crippen molar-refractivity contribution < 1.29 is 42.4 Å². The fourth-order valence-corrected chi connectivity index (χ4v) is 7.00. The summed E-state index contributed by atoms with van der Waals surface area (Å²) in [5.41, 5.74) is 5.34.